The minimum Gasteiger partial charge on any atom is -0.504 e. The fourth-order valence-corrected chi connectivity index (χ4v) is 3.63. The quantitative estimate of drug-likeness (QED) is 0.721. The van der Waals surface area contributed by atoms with Crippen molar-refractivity contribution >= 4 is 50.6 Å². The SMILES string of the molecule is CCOc1cc(/C=C2\SC(=O)N(c3ccccc3)C2=O)c(Br)cc1O. The highest BCUT2D eigenvalue weighted by Crippen LogP contribution is 2.39. The van der Waals surface area contributed by atoms with E-state index in [9.17, 15) is 14.7 Å². The predicted octanol–water partition coefficient (Wildman–Crippen LogP) is 4.79. The van der Waals surface area contributed by atoms with Crippen molar-refractivity contribution in [3.63, 3.8) is 0 Å². The molecule has 0 atom stereocenters. The zero-order valence-corrected chi connectivity index (χ0v) is 15.6. The Balaban J connectivity index is 1.96. The first-order valence-corrected chi connectivity index (χ1v) is 9.10. The van der Waals surface area contributed by atoms with Gasteiger partial charge >= 0.3 is 0 Å². The van der Waals surface area contributed by atoms with Crippen LogP contribution >= 0.6 is 27.7 Å². The van der Waals surface area contributed by atoms with E-state index in [0.29, 0.717) is 33.0 Å². The van der Waals surface area contributed by atoms with Crippen molar-refractivity contribution in [3.05, 3.63) is 57.4 Å². The molecule has 128 valence electrons. The van der Waals surface area contributed by atoms with Crippen molar-refractivity contribution in [2.75, 3.05) is 11.5 Å². The number of phenols is 1. The zero-order valence-electron chi connectivity index (χ0n) is 13.2. The van der Waals surface area contributed by atoms with Gasteiger partial charge in [-0.1, -0.05) is 34.1 Å². The number of rotatable bonds is 4. The number of halogens is 1. The lowest BCUT2D eigenvalue weighted by molar-refractivity contribution is -0.113. The molecule has 0 aromatic heterocycles. The fourth-order valence-electron chi connectivity index (χ4n) is 2.35. The number of benzene rings is 2. The second kappa shape index (κ2) is 7.33. The number of anilines is 1. The first kappa shape index (κ1) is 17.6. The Morgan fingerprint density at radius 1 is 1.24 bits per heavy atom. The summed E-state index contributed by atoms with van der Waals surface area (Å²) in [6, 6.07) is 11.9. The van der Waals surface area contributed by atoms with E-state index in [2.05, 4.69) is 15.9 Å². The second-order valence-corrected chi connectivity index (χ2v) is 6.97. The van der Waals surface area contributed by atoms with Gasteiger partial charge in [-0.2, -0.15) is 0 Å². The van der Waals surface area contributed by atoms with Gasteiger partial charge in [-0.05, 0) is 54.6 Å². The maximum atomic E-state index is 12.6. The van der Waals surface area contributed by atoms with Crippen LogP contribution < -0.4 is 9.64 Å². The van der Waals surface area contributed by atoms with Crippen molar-refractivity contribution in [2.45, 2.75) is 6.92 Å². The van der Waals surface area contributed by atoms with Gasteiger partial charge in [0, 0.05) is 4.47 Å². The van der Waals surface area contributed by atoms with Crippen molar-refractivity contribution < 1.29 is 19.4 Å². The summed E-state index contributed by atoms with van der Waals surface area (Å²) in [5, 5.41) is 9.54. The number of phenolic OH excluding ortho intramolecular Hbond substituents is 1. The number of hydrogen-bond acceptors (Lipinski definition) is 5. The third-order valence-corrected chi connectivity index (χ3v) is 5.03. The highest BCUT2D eigenvalue weighted by Gasteiger charge is 2.36. The molecule has 1 N–H and O–H groups in total. The lowest BCUT2D eigenvalue weighted by Crippen LogP contribution is -2.27. The molecular weight excluding hydrogens is 406 g/mol. The van der Waals surface area contributed by atoms with Crippen LogP contribution in [0, 0.1) is 0 Å². The predicted molar refractivity (Wildman–Crippen MR) is 102 cm³/mol. The molecule has 0 radical (unpaired) electrons. The Labute approximate surface area is 157 Å². The molecule has 2 aromatic carbocycles. The second-order valence-electron chi connectivity index (χ2n) is 5.13. The number of carbonyl (C=O) groups excluding carboxylic acids is 2. The number of carbonyl (C=O) groups is 2. The summed E-state index contributed by atoms with van der Waals surface area (Å²) < 4.78 is 5.96. The van der Waals surface area contributed by atoms with Crippen molar-refractivity contribution in [1.29, 1.82) is 0 Å². The van der Waals surface area contributed by atoms with Crippen molar-refractivity contribution in [1.82, 2.24) is 0 Å². The molecule has 1 aliphatic rings. The number of nitrogens with zero attached hydrogens (tertiary/aromatic N) is 1. The molecule has 0 spiro atoms. The standard InChI is InChI=1S/C18H14BrNO4S/c1-2-24-15-8-11(13(19)10-14(15)21)9-16-17(22)20(18(23)25-16)12-6-4-3-5-7-12/h3-10,21H,2H2,1H3/b16-9-. The lowest BCUT2D eigenvalue weighted by Gasteiger charge is -2.11. The molecule has 3 rings (SSSR count). The van der Waals surface area contributed by atoms with Gasteiger partial charge in [-0.25, -0.2) is 4.90 Å². The van der Waals surface area contributed by atoms with E-state index in [1.807, 2.05) is 13.0 Å². The largest absolute Gasteiger partial charge is 0.504 e. The summed E-state index contributed by atoms with van der Waals surface area (Å²) in [5.41, 5.74) is 1.17. The highest BCUT2D eigenvalue weighted by molar-refractivity contribution is 9.10. The summed E-state index contributed by atoms with van der Waals surface area (Å²) in [6.45, 7) is 2.21. The van der Waals surface area contributed by atoms with Gasteiger partial charge in [0.2, 0.25) is 0 Å². The Bertz CT molecular complexity index is 867. The molecule has 0 unspecified atom stereocenters. The molecule has 1 heterocycles. The van der Waals surface area contributed by atoms with E-state index in [1.54, 1.807) is 36.4 Å². The van der Waals surface area contributed by atoms with Crippen LogP contribution in [-0.4, -0.2) is 22.9 Å². The van der Waals surface area contributed by atoms with E-state index in [0.717, 1.165) is 16.7 Å². The molecule has 5 nitrogen and oxygen atoms in total. The zero-order chi connectivity index (χ0) is 18.0. The Kier molecular flexibility index (Phi) is 5.15. The fraction of sp³-hybridized carbons (Fsp3) is 0.111. The van der Waals surface area contributed by atoms with Gasteiger partial charge in [0.1, 0.15) is 0 Å². The number of amides is 2. The normalized spacial score (nSPS) is 15.9. The van der Waals surface area contributed by atoms with Crippen LogP contribution in [0.25, 0.3) is 6.08 Å². The minimum absolute atomic E-state index is 0.00302. The Hall–Kier alpha value is -2.25. The summed E-state index contributed by atoms with van der Waals surface area (Å²) in [5.74, 6) is -0.0540. The Morgan fingerprint density at radius 2 is 1.96 bits per heavy atom. The topological polar surface area (TPSA) is 66.8 Å². The number of ether oxygens (including phenoxy) is 1. The molecule has 1 saturated heterocycles. The van der Waals surface area contributed by atoms with Gasteiger partial charge in [0.15, 0.2) is 11.5 Å². The number of thioether (sulfide) groups is 1. The molecule has 0 saturated carbocycles. The molecule has 25 heavy (non-hydrogen) atoms. The molecule has 2 amide bonds. The van der Waals surface area contributed by atoms with E-state index < -0.39 is 0 Å². The molecule has 1 fully saturated rings. The summed E-state index contributed by atoms with van der Waals surface area (Å²) in [7, 11) is 0. The summed E-state index contributed by atoms with van der Waals surface area (Å²) >= 11 is 4.23. The molecule has 7 heteroatoms. The van der Waals surface area contributed by atoms with Gasteiger partial charge < -0.3 is 9.84 Å². The molecule has 2 aromatic rings. The van der Waals surface area contributed by atoms with Crippen molar-refractivity contribution in [3.8, 4) is 11.5 Å². The smallest absolute Gasteiger partial charge is 0.298 e. The number of aromatic hydroxyl groups is 1. The monoisotopic (exact) mass is 419 g/mol. The molecule has 0 aliphatic carbocycles. The van der Waals surface area contributed by atoms with Crippen LogP contribution in [0.1, 0.15) is 12.5 Å². The average Bonchev–Trinajstić information content (AvgIpc) is 2.87. The van der Waals surface area contributed by atoms with E-state index in [1.165, 1.54) is 6.07 Å². The summed E-state index contributed by atoms with van der Waals surface area (Å²) in [4.78, 5) is 26.3. The van der Waals surface area contributed by atoms with Gasteiger partial charge in [0.05, 0.1) is 17.2 Å². The average molecular weight is 420 g/mol. The van der Waals surface area contributed by atoms with Gasteiger partial charge in [-0.3, -0.25) is 9.59 Å². The maximum absolute atomic E-state index is 12.6. The molecule has 0 bridgehead atoms. The lowest BCUT2D eigenvalue weighted by atomic mass is 10.2. The molecular formula is C18H14BrNO4S. The van der Waals surface area contributed by atoms with Crippen LogP contribution in [0.4, 0.5) is 10.5 Å². The van der Waals surface area contributed by atoms with Crippen LogP contribution in [0.15, 0.2) is 51.8 Å². The van der Waals surface area contributed by atoms with Crippen LogP contribution in [0.3, 0.4) is 0 Å². The van der Waals surface area contributed by atoms with E-state index in [-0.39, 0.29) is 16.9 Å². The van der Waals surface area contributed by atoms with Crippen molar-refractivity contribution in [2.24, 2.45) is 0 Å². The van der Waals surface area contributed by atoms with E-state index >= 15 is 0 Å². The minimum atomic E-state index is -0.376. The van der Waals surface area contributed by atoms with Crippen LogP contribution in [-0.2, 0) is 4.79 Å². The first-order chi connectivity index (χ1) is 12.0. The molecule has 1 aliphatic heterocycles. The number of hydrogen-bond donors (Lipinski definition) is 1. The first-order valence-electron chi connectivity index (χ1n) is 7.49. The maximum Gasteiger partial charge on any atom is 0.298 e. The van der Waals surface area contributed by atoms with Gasteiger partial charge in [-0.15, -0.1) is 0 Å². The number of imide groups is 1. The van der Waals surface area contributed by atoms with Crippen LogP contribution in [0.2, 0.25) is 0 Å². The van der Waals surface area contributed by atoms with E-state index in [4.69, 9.17) is 4.74 Å². The number of para-hydroxylation sites is 1. The van der Waals surface area contributed by atoms with Crippen LogP contribution in [0.5, 0.6) is 11.5 Å². The Morgan fingerprint density at radius 3 is 2.64 bits per heavy atom. The van der Waals surface area contributed by atoms with Gasteiger partial charge in [0.25, 0.3) is 11.1 Å². The highest BCUT2D eigenvalue weighted by atomic mass is 79.9. The summed E-state index contributed by atoms with van der Waals surface area (Å²) in [6.07, 6.45) is 1.61. The third-order valence-electron chi connectivity index (χ3n) is 3.47. The third kappa shape index (κ3) is 3.57.